The Balaban J connectivity index is 1.76. The summed E-state index contributed by atoms with van der Waals surface area (Å²) in [5.41, 5.74) is 0.219. The first kappa shape index (κ1) is 14.2. The number of aryl methyl sites for hydroxylation is 1. The van der Waals surface area contributed by atoms with Gasteiger partial charge in [0.25, 0.3) is 0 Å². The minimum Gasteiger partial charge on any atom is -0.331 e. The van der Waals surface area contributed by atoms with Gasteiger partial charge in [0.15, 0.2) is 11.6 Å². The average molecular weight is 291 g/mol. The van der Waals surface area contributed by atoms with Crippen molar-refractivity contribution in [1.82, 2.24) is 14.9 Å². The van der Waals surface area contributed by atoms with Gasteiger partial charge in [-0.25, -0.2) is 13.8 Å². The van der Waals surface area contributed by atoms with Crippen LogP contribution in [0.4, 0.5) is 8.78 Å². The monoisotopic (exact) mass is 291 g/mol. The van der Waals surface area contributed by atoms with Gasteiger partial charge < -0.3 is 9.88 Å². The Morgan fingerprint density at radius 2 is 2.19 bits per heavy atom. The molecule has 0 amide bonds. The Morgan fingerprint density at radius 1 is 1.29 bits per heavy atom. The second kappa shape index (κ2) is 6.35. The van der Waals surface area contributed by atoms with Gasteiger partial charge in [0.1, 0.15) is 5.82 Å². The molecule has 3 nitrogen and oxygen atoms in total. The third-order valence-electron chi connectivity index (χ3n) is 4.04. The van der Waals surface area contributed by atoms with Gasteiger partial charge in [-0.15, -0.1) is 0 Å². The van der Waals surface area contributed by atoms with Gasteiger partial charge in [0.05, 0.1) is 5.56 Å². The van der Waals surface area contributed by atoms with Crippen LogP contribution in [0.1, 0.15) is 25.7 Å². The molecule has 1 N–H and O–H groups in total. The van der Waals surface area contributed by atoms with Crippen LogP contribution in [-0.4, -0.2) is 22.1 Å². The van der Waals surface area contributed by atoms with Crippen LogP contribution in [0.5, 0.6) is 0 Å². The molecule has 2 heterocycles. The molecule has 0 spiro atoms. The van der Waals surface area contributed by atoms with Crippen molar-refractivity contribution in [2.45, 2.75) is 38.3 Å². The van der Waals surface area contributed by atoms with Gasteiger partial charge in [-0.3, -0.25) is 0 Å². The first-order chi connectivity index (χ1) is 10.3. The summed E-state index contributed by atoms with van der Waals surface area (Å²) < 4.78 is 29.2. The van der Waals surface area contributed by atoms with Crippen molar-refractivity contribution in [2.75, 3.05) is 6.54 Å². The van der Waals surface area contributed by atoms with Gasteiger partial charge in [-0.2, -0.15) is 0 Å². The molecule has 1 aromatic heterocycles. The van der Waals surface area contributed by atoms with E-state index in [2.05, 4.69) is 10.3 Å². The summed E-state index contributed by atoms with van der Waals surface area (Å²) in [6.45, 7) is 1.82. The standard InChI is InChI=1S/C16H19F2N3/c17-14-6-3-5-13(15(14)18)16-20-9-11-21(16)10-7-12-4-1-2-8-19-12/h3,5-6,9,11-12,19H,1-2,4,7-8,10H2. The van der Waals surface area contributed by atoms with Crippen molar-refractivity contribution < 1.29 is 8.78 Å². The van der Waals surface area contributed by atoms with Gasteiger partial charge >= 0.3 is 0 Å². The second-order valence-electron chi connectivity index (χ2n) is 5.48. The Morgan fingerprint density at radius 3 is 3.00 bits per heavy atom. The van der Waals surface area contributed by atoms with E-state index in [9.17, 15) is 8.78 Å². The predicted octanol–water partition coefficient (Wildman–Crippen LogP) is 3.36. The molecule has 3 rings (SSSR count). The number of hydrogen-bond acceptors (Lipinski definition) is 2. The largest absolute Gasteiger partial charge is 0.331 e. The number of rotatable bonds is 4. The van der Waals surface area contributed by atoms with E-state index in [1.165, 1.54) is 25.3 Å². The van der Waals surface area contributed by atoms with E-state index in [-0.39, 0.29) is 5.56 Å². The van der Waals surface area contributed by atoms with Crippen molar-refractivity contribution in [3.63, 3.8) is 0 Å². The van der Waals surface area contributed by atoms with Gasteiger partial charge in [0.2, 0.25) is 0 Å². The van der Waals surface area contributed by atoms with E-state index in [0.29, 0.717) is 11.9 Å². The van der Waals surface area contributed by atoms with E-state index in [4.69, 9.17) is 0 Å². The van der Waals surface area contributed by atoms with E-state index < -0.39 is 11.6 Å². The number of nitrogens with one attached hydrogen (secondary N) is 1. The molecule has 5 heteroatoms. The Labute approximate surface area is 123 Å². The van der Waals surface area contributed by atoms with Crippen molar-refractivity contribution in [2.24, 2.45) is 0 Å². The lowest BCUT2D eigenvalue weighted by Crippen LogP contribution is -2.34. The maximum absolute atomic E-state index is 13.9. The fourth-order valence-electron chi connectivity index (χ4n) is 2.88. The van der Waals surface area contributed by atoms with E-state index in [1.54, 1.807) is 12.3 Å². The van der Waals surface area contributed by atoms with Crippen molar-refractivity contribution in [3.8, 4) is 11.4 Å². The number of hydrogen-bond donors (Lipinski definition) is 1. The zero-order valence-electron chi connectivity index (χ0n) is 11.9. The first-order valence-electron chi connectivity index (χ1n) is 7.44. The molecular weight excluding hydrogens is 272 g/mol. The summed E-state index contributed by atoms with van der Waals surface area (Å²) >= 11 is 0. The summed E-state index contributed by atoms with van der Waals surface area (Å²) in [5.74, 6) is -1.18. The molecule has 1 fully saturated rings. The SMILES string of the molecule is Fc1cccc(-c2nccn2CCC2CCCCN2)c1F. The van der Waals surface area contributed by atoms with Crippen molar-refractivity contribution in [3.05, 3.63) is 42.2 Å². The summed E-state index contributed by atoms with van der Waals surface area (Å²) in [7, 11) is 0. The van der Waals surface area contributed by atoms with Crippen LogP contribution in [0.25, 0.3) is 11.4 Å². The molecule has 0 aliphatic carbocycles. The highest BCUT2D eigenvalue weighted by atomic mass is 19.2. The summed E-state index contributed by atoms with van der Waals surface area (Å²) in [6, 6.07) is 4.70. The fraction of sp³-hybridized carbons (Fsp3) is 0.438. The van der Waals surface area contributed by atoms with Gasteiger partial charge in [0, 0.05) is 25.0 Å². The van der Waals surface area contributed by atoms with Crippen LogP contribution >= 0.6 is 0 Å². The zero-order chi connectivity index (χ0) is 14.7. The second-order valence-corrected chi connectivity index (χ2v) is 5.48. The van der Waals surface area contributed by atoms with Crippen LogP contribution in [0.15, 0.2) is 30.6 Å². The lowest BCUT2D eigenvalue weighted by molar-refractivity contribution is 0.367. The molecule has 0 bridgehead atoms. The number of nitrogens with zero attached hydrogens (tertiary/aromatic N) is 2. The van der Waals surface area contributed by atoms with Crippen molar-refractivity contribution >= 4 is 0 Å². The first-order valence-corrected chi connectivity index (χ1v) is 7.44. The molecule has 112 valence electrons. The molecule has 2 aromatic rings. The third-order valence-corrected chi connectivity index (χ3v) is 4.04. The molecule has 1 saturated heterocycles. The molecule has 0 saturated carbocycles. The fourth-order valence-corrected chi connectivity index (χ4v) is 2.88. The molecule has 21 heavy (non-hydrogen) atoms. The topological polar surface area (TPSA) is 29.9 Å². The molecule has 1 unspecified atom stereocenters. The average Bonchev–Trinajstić information content (AvgIpc) is 2.97. The zero-order valence-corrected chi connectivity index (χ0v) is 11.9. The van der Waals surface area contributed by atoms with E-state index >= 15 is 0 Å². The highest BCUT2D eigenvalue weighted by Gasteiger charge is 2.16. The maximum atomic E-state index is 13.9. The molecule has 1 aliphatic heterocycles. The van der Waals surface area contributed by atoms with Crippen LogP contribution in [0.2, 0.25) is 0 Å². The van der Waals surface area contributed by atoms with Crippen LogP contribution < -0.4 is 5.32 Å². The lowest BCUT2D eigenvalue weighted by Gasteiger charge is -2.23. The number of aromatic nitrogens is 2. The Bertz CT molecular complexity index is 603. The summed E-state index contributed by atoms with van der Waals surface area (Å²) in [6.07, 6.45) is 8.10. The minimum absolute atomic E-state index is 0.219. The molecule has 1 atom stereocenters. The normalized spacial score (nSPS) is 18.9. The summed E-state index contributed by atoms with van der Waals surface area (Å²) in [5, 5.41) is 3.49. The maximum Gasteiger partial charge on any atom is 0.169 e. The molecular formula is C16H19F2N3. The van der Waals surface area contributed by atoms with Crippen LogP contribution in [0, 0.1) is 11.6 Å². The summed E-state index contributed by atoms with van der Waals surface area (Å²) in [4.78, 5) is 4.19. The Kier molecular flexibility index (Phi) is 4.29. The number of benzene rings is 1. The van der Waals surface area contributed by atoms with E-state index in [0.717, 1.165) is 25.6 Å². The van der Waals surface area contributed by atoms with Gasteiger partial charge in [-0.1, -0.05) is 12.5 Å². The molecule has 1 aromatic carbocycles. The molecule has 0 radical (unpaired) electrons. The highest BCUT2D eigenvalue weighted by Crippen LogP contribution is 2.23. The quantitative estimate of drug-likeness (QED) is 0.936. The lowest BCUT2D eigenvalue weighted by atomic mass is 10.0. The third kappa shape index (κ3) is 3.13. The number of piperidine rings is 1. The van der Waals surface area contributed by atoms with E-state index in [1.807, 2.05) is 10.8 Å². The van der Waals surface area contributed by atoms with Crippen molar-refractivity contribution in [1.29, 1.82) is 0 Å². The van der Waals surface area contributed by atoms with Crippen LogP contribution in [-0.2, 0) is 6.54 Å². The number of halogens is 2. The van der Waals surface area contributed by atoms with Gasteiger partial charge in [-0.05, 0) is 37.9 Å². The molecule has 1 aliphatic rings. The smallest absolute Gasteiger partial charge is 0.169 e. The highest BCUT2D eigenvalue weighted by molar-refractivity contribution is 5.56. The Hall–Kier alpha value is -1.75. The number of imidazole rings is 1. The predicted molar refractivity (Wildman–Crippen MR) is 77.8 cm³/mol. The minimum atomic E-state index is -0.837. The van der Waals surface area contributed by atoms with Crippen LogP contribution in [0.3, 0.4) is 0 Å².